The Morgan fingerprint density at radius 1 is 1.13 bits per heavy atom. The third kappa shape index (κ3) is 4.34. The summed E-state index contributed by atoms with van der Waals surface area (Å²) >= 11 is 0. The zero-order valence-corrected chi connectivity index (χ0v) is 13.9. The first kappa shape index (κ1) is 17.5. The third-order valence-corrected chi connectivity index (χ3v) is 4.32. The lowest BCUT2D eigenvalue weighted by atomic mass is 9.87. The summed E-state index contributed by atoms with van der Waals surface area (Å²) in [5, 5.41) is 3.13. The van der Waals surface area contributed by atoms with Gasteiger partial charge in [-0.2, -0.15) is 0 Å². The van der Waals surface area contributed by atoms with E-state index in [0.29, 0.717) is 6.42 Å². The van der Waals surface area contributed by atoms with Crippen molar-refractivity contribution in [2.45, 2.75) is 37.8 Å². The second-order valence-corrected chi connectivity index (χ2v) is 5.95. The van der Waals surface area contributed by atoms with Gasteiger partial charge in [0.05, 0.1) is 12.1 Å². The molecule has 3 rings (SSSR count). The van der Waals surface area contributed by atoms with Crippen molar-refractivity contribution in [2.75, 3.05) is 0 Å². The lowest BCUT2D eigenvalue weighted by molar-refractivity contribution is -0.123. The van der Waals surface area contributed by atoms with Crippen LogP contribution in [0.5, 0.6) is 0 Å². The van der Waals surface area contributed by atoms with E-state index in [1.807, 2.05) is 36.4 Å². The standard InChI is InChI=1S/C19H22N2O.ClH/c20-17(13-14-7-2-1-3-8-14)19(22)21-18-12-6-10-15-9-4-5-11-16(15)18;/h1-5,7-9,11,17-18H,6,10,12-13,20H2,(H,21,22);1H. The minimum absolute atomic E-state index is 0. The molecule has 1 aliphatic carbocycles. The molecule has 1 amide bonds. The Hall–Kier alpha value is -1.84. The van der Waals surface area contributed by atoms with E-state index in [1.54, 1.807) is 0 Å². The van der Waals surface area contributed by atoms with Gasteiger partial charge in [0, 0.05) is 0 Å². The number of rotatable bonds is 4. The number of fused-ring (bicyclic) bond motifs is 1. The Balaban J connectivity index is 0.00000192. The number of hydrogen-bond acceptors (Lipinski definition) is 2. The van der Waals surface area contributed by atoms with Gasteiger partial charge in [-0.1, -0.05) is 54.6 Å². The van der Waals surface area contributed by atoms with E-state index in [4.69, 9.17) is 5.73 Å². The van der Waals surface area contributed by atoms with Gasteiger partial charge in [-0.25, -0.2) is 0 Å². The highest BCUT2D eigenvalue weighted by Gasteiger charge is 2.23. The van der Waals surface area contributed by atoms with Crippen LogP contribution in [0.4, 0.5) is 0 Å². The molecule has 2 atom stereocenters. The normalized spacial score (nSPS) is 17.5. The zero-order valence-electron chi connectivity index (χ0n) is 13.1. The summed E-state index contributed by atoms with van der Waals surface area (Å²) in [4.78, 5) is 12.4. The molecule has 2 unspecified atom stereocenters. The first-order valence-electron chi connectivity index (χ1n) is 7.92. The van der Waals surface area contributed by atoms with Crippen molar-refractivity contribution in [2.24, 2.45) is 5.73 Å². The van der Waals surface area contributed by atoms with Crippen LogP contribution in [0.15, 0.2) is 54.6 Å². The van der Waals surface area contributed by atoms with Gasteiger partial charge in [0.25, 0.3) is 0 Å². The lowest BCUT2D eigenvalue weighted by Gasteiger charge is -2.27. The van der Waals surface area contributed by atoms with Crippen molar-refractivity contribution < 1.29 is 4.79 Å². The number of nitrogens with two attached hydrogens (primary N) is 1. The monoisotopic (exact) mass is 330 g/mol. The maximum atomic E-state index is 12.4. The van der Waals surface area contributed by atoms with Gasteiger partial charge in [0.1, 0.15) is 0 Å². The van der Waals surface area contributed by atoms with Crippen molar-refractivity contribution in [1.82, 2.24) is 5.32 Å². The van der Waals surface area contributed by atoms with Crippen LogP contribution in [0.2, 0.25) is 0 Å². The number of hydrogen-bond donors (Lipinski definition) is 2. The van der Waals surface area contributed by atoms with Gasteiger partial charge in [-0.05, 0) is 42.4 Å². The largest absolute Gasteiger partial charge is 0.348 e. The molecule has 0 aromatic heterocycles. The van der Waals surface area contributed by atoms with E-state index in [1.165, 1.54) is 11.1 Å². The Kier molecular flexibility index (Phi) is 6.20. The number of carbonyl (C=O) groups is 1. The van der Waals surface area contributed by atoms with E-state index in [-0.39, 0.29) is 24.4 Å². The number of halogens is 1. The molecule has 2 aromatic rings. The highest BCUT2D eigenvalue weighted by atomic mass is 35.5. The lowest BCUT2D eigenvalue weighted by Crippen LogP contribution is -2.44. The van der Waals surface area contributed by atoms with Gasteiger partial charge >= 0.3 is 0 Å². The fourth-order valence-corrected chi connectivity index (χ4v) is 3.14. The molecule has 122 valence electrons. The molecule has 0 fully saturated rings. The van der Waals surface area contributed by atoms with Crippen LogP contribution in [-0.2, 0) is 17.6 Å². The second kappa shape index (κ2) is 8.14. The predicted octanol–water partition coefficient (Wildman–Crippen LogP) is 3.17. The second-order valence-electron chi connectivity index (χ2n) is 5.95. The van der Waals surface area contributed by atoms with Crippen molar-refractivity contribution in [3.63, 3.8) is 0 Å². The molecule has 0 radical (unpaired) electrons. The molecule has 0 bridgehead atoms. The van der Waals surface area contributed by atoms with E-state index >= 15 is 0 Å². The molecule has 0 spiro atoms. The van der Waals surface area contributed by atoms with Gasteiger partial charge in [-0.15, -0.1) is 12.4 Å². The number of nitrogens with one attached hydrogen (secondary N) is 1. The van der Waals surface area contributed by atoms with E-state index in [0.717, 1.165) is 24.8 Å². The average molecular weight is 331 g/mol. The van der Waals surface area contributed by atoms with Crippen LogP contribution in [0, 0.1) is 0 Å². The molecule has 0 saturated carbocycles. The Bertz CT molecular complexity index is 645. The minimum atomic E-state index is -0.503. The molecule has 3 N–H and O–H groups in total. The van der Waals surface area contributed by atoms with E-state index in [9.17, 15) is 4.79 Å². The third-order valence-electron chi connectivity index (χ3n) is 4.32. The summed E-state index contributed by atoms with van der Waals surface area (Å²) in [6.45, 7) is 0. The highest BCUT2D eigenvalue weighted by molar-refractivity contribution is 5.85. The summed E-state index contributed by atoms with van der Waals surface area (Å²) in [6, 6.07) is 17.9. The maximum Gasteiger partial charge on any atom is 0.237 e. The smallest absolute Gasteiger partial charge is 0.237 e. The molecule has 23 heavy (non-hydrogen) atoms. The van der Waals surface area contributed by atoms with Crippen LogP contribution < -0.4 is 11.1 Å². The maximum absolute atomic E-state index is 12.4. The van der Waals surface area contributed by atoms with Crippen LogP contribution in [0.3, 0.4) is 0 Å². The summed E-state index contributed by atoms with van der Waals surface area (Å²) in [5.74, 6) is -0.0643. The Morgan fingerprint density at radius 2 is 1.83 bits per heavy atom. The molecule has 0 heterocycles. The van der Waals surface area contributed by atoms with Crippen LogP contribution in [-0.4, -0.2) is 11.9 Å². The topological polar surface area (TPSA) is 55.1 Å². The fraction of sp³-hybridized carbons (Fsp3) is 0.316. The predicted molar refractivity (Wildman–Crippen MR) is 95.6 cm³/mol. The molecule has 0 aliphatic heterocycles. The van der Waals surface area contributed by atoms with Gasteiger partial charge in [0.15, 0.2) is 0 Å². The molecule has 3 nitrogen and oxygen atoms in total. The number of benzene rings is 2. The Labute approximate surface area is 143 Å². The van der Waals surface area contributed by atoms with Gasteiger partial charge < -0.3 is 11.1 Å². The Morgan fingerprint density at radius 3 is 2.61 bits per heavy atom. The quantitative estimate of drug-likeness (QED) is 0.904. The number of carbonyl (C=O) groups excluding carboxylic acids is 1. The average Bonchev–Trinajstić information content (AvgIpc) is 2.56. The van der Waals surface area contributed by atoms with E-state index < -0.39 is 6.04 Å². The zero-order chi connectivity index (χ0) is 15.4. The minimum Gasteiger partial charge on any atom is -0.348 e. The van der Waals surface area contributed by atoms with Gasteiger partial charge in [0.2, 0.25) is 5.91 Å². The van der Waals surface area contributed by atoms with Crippen LogP contribution in [0.1, 0.15) is 35.6 Å². The van der Waals surface area contributed by atoms with Gasteiger partial charge in [-0.3, -0.25) is 4.79 Å². The summed E-state index contributed by atoms with van der Waals surface area (Å²) < 4.78 is 0. The van der Waals surface area contributed by atoms with Crippen molar-refractivity contribution >= 4 is 18.3 Å². The summed E-state index contributed by atoms with van der Waals surface area (Å²) in [5.41, 5.74) is 9.75. The fourth-order valence-electron chi connectivity index (χ4n) is 3.14. The van der Waals surface area contributed by atoms with Crippen molar-refractivity contribution in [1.29, 1.82) is 0 Å². The van der Waals surface area contributed by atoms with E-state index in [2.05, 4.69) is 23.5 Å². The first-order valence-corrected chi connectivity index (χ1v) is 7.92. The highest BCUT2D eigenvalue weighted by Crippen LogP contribution is 2.29. The molecule has 0 saturated heterocycles. The van der Waals surface area contributed by atoms with Crippen LogP contribution >= 0.6 is 12.4 Å². The summed E-state index contributed by atoms with van der Waals surface area (Å²) in [6.07, 6.45) is 3.76. The molecular formula is C19H23ClN2O. The number of aryl methyl sites for hydroxylation is 1. The molecular weight excluding hydrogens is 308 g/mol. The first-order chi connectivity index (χ1) is 10.7. The van der Waals surface area contributed by atoms with Crippen LogP contribution in [0.25, 0.3) is 0 Å². The number of amides is 1. The molecule has 1 aliphatic rings. The van der Waals surface area contributed by atoms with Crippen molar-refractivity contribution in [3.8, 4) is 0 Å². The molecule has 4 heteroatoms. The summed E-state index contributed by atoms with van der Waals surface area (Å²) in [7, 11) is 0. The SMILES string of the molecule is Cl.NC(Cc1ccccc1)C(=O)NC1CCCc2ccccc21. The van der Waals surface area contributed by atoms with Crippen molar-refractivity contribution in [3.05, 3.63) is 71.3 Å². The molecule has 2 aromatic carbocycles.